The molecular formula is C35H48FN5O3. The van der Waals surface area contributed by atoms with E-state index in [1.807, 2.05) is 56.5 Å². The molecule has 2 amide bonds. The maximum absolute atomic E-state index is 14.4. The van der Waals surface area contributed by atoms with Gasteiger partial charge in [-0.2, -0.15) is 0 Å². The summed E-state index contributed by atoms with van der Waals surface area (Å²) >= 11 is 0. The first kappa shape index (κ1) is 31.9. The molecule has 2 aromatic heterocycles. The number of hydrogen-bond acceptors (Lipinski definition) is 5. The average Bonchev–Trinajstić information content (AvgIpc) is 3.32. The number of nitrogens with zero attached hydrogens (tertiary/aromatic N) is 5. The minimum absolute atomic E-state index is 0.0130. The summed E-state index contributed by atoms with van der Waals surface area (Å²) in [6.07, 6.45) is 8.55. The summed E-state index contributed by atoms with van der Waals surface area (Å²) in [4.78, 5) is 36.4. The zero-order valence-corrected chi connectivity index (χ0v) is 27.6. The van der Waals surface area contributed by atoms with Gasteiger partial charge in [0, 0.05) is 63.1 Å². The van der Waals surface area contributed by atoms with Gasteiger partial charge in [0.15, 0.2) is 0 Å². The standard InChI is InChI=1S/C35H48FN5O3/c1-22(2)38(8)33(42)29-16-28(36)9-10-30(29)41-21-27(32-23(3)17-37-18-31(32)41)15-25-19-40(20-25)24(4)26-11-13-39(14-12-26)34(43)44-35(5,6)7/h9-10,16-18,21-22,24-26H,11-15,19-20H2,1-8H3/t24-/m1/s1. The van der Waals surface area contributed by atoms with Gasteiger partial charge in [-0.1, -0.05) is 0 Å². The second-order valence-corrected chi connectivity index (χ2v) is 14.1. The Hall–Kier alpha value is -3.46. The lowest BCUT2D eigenvalue weighted by molar-refractivity contribution is -0.000986. The van der Waals surface area contributed by atoms with Crippen molar-refractivity contribution in [2.45, 2.75) is 85.4 Å². The molecule has 1 aromatic carbocycles. The lowest BCUT2D eigenvalue weighted by atomic mass is 9.84. The van der Waals surface area contributed by atoms with E-state index in [1.54, 1.807) is 18.0 Å². The quantitative estimate of drug-likeness (QED) is 0.309. The van der Waals surface area contributed by atoms with Crippen molar-refractivity contribution in [3.05, 3.63) is 59.3 Å². The number of likely N-dealkylation sites (tertiary alicyclic amines) is 2. The van der Waals surface area contributed by atoms with Gasteiger partial charge in [-0.3, -0.25) is 14.7 Å². The molecule has 4 heterocycles. The minimum Gasteiger partial charge on any atom is -0.444 e. The SMILES string of the molecule is Cc1cncc2c1c(CC1CN([C@H](C)C3CCN(C(=O)OC(C)(C)C)CC3)C1)cn2-c1ccc(F)cc1C(=O)N(C)C(C)C. The number of benzene rings is 1. The van der Waals surface area contributed by atoms with Crippen molar-refractivity contribution < 1.29 is 18.7 Å². The predicted molar refractivity (Wildman–Crippen MR) is 172 cm³/mol. The van der Waals surface area contributed by atoms with Crippen LogP contribution < -0.4 is 0 Å². The van der Waals surface area contributed by atoms with Crippen LogP contribution in [0.2, 0.25) is 0 Å². The van der Waals surface area contributed by atoms with E-state index in [1.165, 1.54) is 17.7 Å². The Kier molecular flexibility index (Phi) is 9.08. The molecular weight excluding hydrogens is 557 g/mol. The largest absolute Gasteiger partial charge is 0.444 e. The Bertz CT molecular complexity index is 1510. The van der Waals surface area contributed by atoms with Crippen LogP contribution in [0.4, 0.5) is 9.18 Å². The third-order valence-electron chi connectivity index (χ3n) is 9.47. The maximum atomic E-state index is 14.4. The highest BCUT2D eigenvalue weighted by Crippen LogP contribution is 2.35. The van der Waals surface area contributed by atoms with Crippen LogP contribution in [0.1, 0.15) is 75.9 Å². The van der Waals surface area contributed by atoms with Crippen molar-refractivity contribution in [3.8, 4) is 5.69 Å². The zero-order chi connectivity index (χ0) is 31.9. The molecule has 0 unspecified atom stereocenters. The summed E-state index contributed by atoms with van der Waals surface area (Å²) < 4.78 is 22.0. The fourth-order valence-corrected chi connectivity index (χ4v) is 6.68. The number of piperidine rings is 1. The topological polar surface area (TPSA) is 70.9 Å². The molecule has 2 fully saturated rings. The Morgan fingerprint density at radius 2 is 1.80 bits per heavy atom. The molecule has 0 aliphatic carbocycles. The van der Waals surface area contributed by atoms with Gasteiger partial charge >= 0.3 is 6.09 Å². The van der Waals surface area contributed by atoms with Gasteiger partial charge < -0.3 is 19.1 Å². The molecule has 44 heavy (non-hydrogen) atoms. The van der Waals surface area contributed by atoms with Crippen molar-refractivity contribution >= 4 is 22.9 Å². The van der Waals surface area contributed by atoms with Crippen LogP contribution in [0.3, 0.4) is 0 Å². The molecule has 2 aliphatic heterocycles. The molecule has 0 saturated carbocycles. The minimum atomic E-state index is -0.474. The van der Waals surface area contributed by atoms with E-state index in [2.05, 4.69) is 29.9 Å². The van der Waals surface area contributed by atoms with E-state index in [0.717, 1.165) is 61.9 Å². The van der Waals surface area contributed by atoms with Crippen molar-refractivity contribution in [2.75, 3.05) is 33.2 Å². The molecule has 0 bridgehead atoms. The number of ether oxygens (including phenoxy) is 1. The highest BCUT2D eigenvalue weighted by Gasteiger charge is 2.37. The van der Waals surface area contributed by atoms with Gasteiger partial charge in [0.1, 0.15) is 11.4 Å². The van der Waals surface area contributed by atoms with Gasteiger partial charge in [0.05, 0.1) is 23.0 Å². The first-order valence-electron chi connectivity index (χ1n) is 16.0. The molecule has 8 nitrogen and oxygen atoms in total. The molecule has 0 radical (unpaired) electrons. The van der Waals surface area contributed by atoms with E-state index in [0.29, 0.717) is 29.1 Å². The number of fused-ring (bicyclic) bond motifs is 1. The van der Waals surface area contributed by atoms with Crippen molar-refractivity contribution in [1.29, 1.82) is 0 Å². The molecule has 2 saturated heterocycles. The Morgan fingerprint density at radius 3 is 2.43 bits per heavy atom. The highest BCUT2D eigenvalue weighted by molar-refractivity contribution is 5.99. The molecule has 0 N–H and O–H groups in total. The monoisotopic (exact) mass is 605 g/mol. The number of aromatic nitrogens is 2. The number of carbonyl (C=O) groups excluding carboxylic acids is 2. The lowest BCUT2D eigenvalue weighted by Gasteiger charge is -2.47. The van der Waals surface area contributed by atoms with Gasteiger partial charge in [-0.05, 0) is 109 Å². The van der Waals surface area contributed by atoms with E-state index in [9.17, 15) is 14.0 Å². The molecule has 9 heteroatoms. The lowest BCUT2D eigenvalue weighted by Crippen LogP contribution is -2.55. The normalized spacial score (nSPS) is 17.6. The van der Waals surface area contributed by atoms with Crippen LogP contribution in [0.5, 0.6) is 0 Å². The molecule has 3 aromatic rings. The van der Waals surface area contributed by atoms with Crippen molar-refractivity contribution in [1.82, 2.24) is 24.3 Å². The number of halogens is 1. The molecule has 238 valence electrons. The van der Waals surface area contributed by atoms with Crippen LogP contribution in [-0.4, -0.2) is 87.2 Å². The van der Waals surface area contributed by atoms with Gasteiger partial charge in [0.2, 0.25) is 0 Å². The number of rotatable bonds is 7. The number of hydrogen-bond donors (Lipinski definition) is 0. The summed E-state index contributed by atoms with van der Waals surface area (Å²) in [7, 11) is 1.75. The number of aryl methyl sites for hydroxylation is 1. The van der Waals surface area contributed by atoms with Crippen LogP contribution in [-0.2, 0) is 11.2 Å². The first-order chi connectivity index (χ1) is 20.7. The number of pyridine rings is 1. The Balaban J connectivity index is 1.29. The number of amides is 2. The molecule has 1 atom stereocenters. The summed E-state index contributed by atoms with van der Waals surface area (Å²) in [5, 5.41) is 1.15. The predicted octanol–water partition coefficient (Wildman–Crippen LogP) is 6.46. The van der Waals surface area contributed by atoms with E-state index >= 15 is 0 Å². The fourth-order valence-electron chi connectivity index (χ4n) is 6.68. The van der Waals surface area contributed by atoms with Crippen LogP contribution >= 0.6 is 0 Å². The number of carbonyl (C=O) groups is 2. The molecule has 2 aliphatic rings. The van der Waals surface area contributed by atoms with E-state index in [-0.39, 0.29) is 18.0 Å². The molecule has 5 rings (SSSR count). The fraction of sp³-hybridized carbons (Fsp3) is 0.571. The Labute approximate surface area is 261 Å². The van der Waals surface area contributed by atoms with Crippen LogP contribution in [0.25, 0.3) is 16.6 Å². The third-order valence-corrected chi connectivity index (χ3v) is 9.47. The summed E-state index contributed by atoms with van der Waals surface area (Å²) in [5.74, 6) is 0.439. The van der Waals surface area contributed by atoms with Crippen LogP contribution in [0, 0.1) is 24.6 Å². The summed E-state index contributed by atoms with van der Waals surface area (Å²) in [5.41, 5.74) is 3.77. The van der Waals surface area contributed by atoms with Gasteiger partial charge in [-0.25, -0.2) is 9.18 Å². The van der Waals surface area contributed by atoms with Crippen molar-refractivity contribution in [3.63, 3.8) is 0 Å². The van der Waals surface area contributed by atoms with Gasteiger partial charge in [0.25, 0.3) is 5.91 Å². The van der Waals surface area contributed by atoms with Gasteiger partial charge in [-0.15, -0.1) is 0 Å². The second-order valence-electron chi connectivity index (χ2n) is 14.1. The van der Waals surface area contributed by atoms with Crippen molar-refractivity contribution in [2.24, 2.45) is 11.8 Å². The van der Waals surface area contributed by atoms with Crippen LogP contribution in [0.15, 0.2) is 36.8 Å². The molecule has 0 spiro atoms. The third kappa shape index (κ3) is 6.63. The highest BCUT2D eigenvalue weighted by atomic mass is 19.1. The summed E-state index contributed by atoms with van der Waals surface area (Å²) in [6.45, 7) is 17.6. The van der Waals surface area contributed by atoms with E-state index in [4.69, 9.17) is 4.74 Å². The second kappa shape index (κ2) is 12.5. The smallest absolute Gasteiger partial charge is 0.410 e. The summed E-state index contributed by atoms with van der Waals surface area (Å²) in [6, 6.07) is 4.91. The van der Waals surface area contributed by atoms with E-state index < -0.39 is 11.4 Å². The Morgan fingerprint density at radius 1 is 1.11 bits per heavy atom. The average molecular weight is 606 g/mol. The first-order valence-corrected chi connectivity index (χ1v) is 16.0. The maximum Gasteiger partial charge on any atom is 0.410 e. The zero-order valence-electron chi connectivity index (χ0n) is 27.6.